The molecule has 0 heterocycles. The maximum Gasteiger partial charge on any atom is 0.150 e. The Kier molecular flexibility index (Phi) is 2.76. The van der Waals surface area contributed by atoms with Crippen LogP contribution in [-0.4, -0.2) is 12.9 Å². The van der Waals surface area contributed by atoms with Crippen LogP contribution in [0.2, 0.25) is 0 Å². The van der Waals surface area contributed by atoms with Crippen LogP contribution in [0.5, 0.6) is 5.75 Å². The molecule has 1 fully saturated rings. The van der Waals surface area contributed by atoms with Gasteiger partial charge in [0, 0.05) is 5.56 Å². The minimum Gasteiger partial charge on any atom is -0.494 e. The van der Waals surface area contributed by atoms with Crippen LogP contribution in [0.25, 0.3) is 0 Å². The summed E-state index contributed by atoms with van der Waals surface area (Å²) in [6, 6.07) is 3.98. The lowest BCUT2D eigenvalue weighted by atomic mass is 10.0. The van der Waals surface area contributed by atoms with Gasteiger partial charge in [-0.1, -0.05) is 6.07 Å². The van der Waals surface area contributed by atoms with E-state index in [1.807, 2.05) is 19.9 Å². The fourth-order valence-electron chi connectivity index (χ4n) is 1.89. The van der Waals surface area contributed by atoms with Gasteiger partial charge in [-0.3, -0.25) is 4.79 Å². The van der Waals surface area contributed by atoms with Crippen molar-refractivity contribution in [2.45, 2.75) is 32.6 Å². The fourth-order valence-corrected chi connectivity index (χ4v) is 1.89. The summed E-state index contributed by atoms with van der Waals surface area (Å²) in [4.78, 5) is 11.0. The monoisotopic (exact) mass is 204 g/mol. The van der Waals surface area contributed by atoms with Gasteiger partial charge in [0.25, 0.3) is 0 Å². The molecule has 0 aliphatic heterocycles. The van der Waals surface area contributed by atoms with Crippen molar-refractivity contribution >= 4 is 6.29 Å². The Hall–Kier alpha value is -1.31. The predicted molar refractivity (Wildman–Crippen MR) is 59.7 cm³/mol. The maximum absolute atomic E-state index is 11.0. The standard InChI is InChI=1S/C13H16O2/c1-3-15-13-7-11(8-14)12(6-9(13)2)10-4-5-10/h6-8,10H,3-5H2,1-2H3. The molecule has 0 saturated heterocycles. The molecule has 1 aliphatic carbocycles. The highest BCUT2D eigenvalue weighted by Gasteiger charge is 2.26. The molecule has 1 saturated carbocycles. The van der Waals surface area contributed by atoms with Gasteiger partial charge in [-0.15, -0.1) is 0 Å². The number of carbonyl (C=O) groups is 1. The largest absolute Gasteiger partial charge is 0.494 e. The normalized spacial score (nSPS) is 15.1. The van der Waals surface area contributed by atoms with E-state index >= 15 is 0 Å². The average Bonchev–Trinajstić information content (AvgIpc) is 3.04. The summed E-state index contributed by atoms with van der Waals surface area (Å²) in [6.07, 6.45) is 3.37. The van der Waals surface area contributed by atoms with E-state index in [4.69, 9.17) is 4.74 Å². The molecule has 0 N–H and O–H groups in total. The molecule has 80 valence electrons. The van der Waals surface area contributed by atoms with Crippen molar-refractivity contribution in [2.24, 2.45) is 0 Å². The van der Waals surface area contributed by atoms with Crippen LogP contribution in [0.4, 0.5) is 0 Å². The number of carbonyl (C=O) groups excluding carboxylic acids is 1. The minimum absolute atomic E-state index is 0.611. The number of hydrogen-bond acceptors (Lipinski definition) is 2. The third-order valence-electron chi connectivity index (χ3n) is 2.82. The fraction of sp³-hybridized carbons (Fsp3) is 0.462. The van der Waals surface area contributed by atoms with Crippen molar-refractivity contribution in [1.82, 2.24) is 0 Å². The first-order chi connectivity index (χ1) is 7.26. The molecule has 0 amide bonds. The van der Waals surface area contributed by atoms with Crippen LogP contribution in [-0.2, 0) is 0 Å². The number of benzene rings is 1. The summed E-state index contributed by atoms with van der Waals surface area (Å²) in [5.74, 6) is 1.45. The Morgan fingerprint density at radius 1 is 1.47 bits per heavy atom. The predicted octanol–water partition coefficient (Wildman–Crippen LogP) is 3.08. The topological polar surface area (TPSA) is 26.3 Å². The second-order valence-electron chi connectivity index (χ2n) is 4.07. The van der Waals surface area contributed by atoms with Crippen molar-refractivity contribution < 1.29 is 9.53 Å². The van der Waals surface area contributed by atoms with Crippen molar-refractivity contribution in [3.05, 3.63) is 28.8 Å². The van der Waals surface area contributed by atoms with Crippen LogP contribution >= 0.6 is 0 Å². The second-order valence-corrected chi connectivity index (χ2v) is 4.07. The third-order valence-corrected chi connectivity index (χ3v) is 2.82. The molecule has 15 heavy (non-hydrogen) atoms. The molecule has 0 spiro atoms. The molecular weight excluding hydrogens is 188 g/mol. The number of ether oxygens (including phenoxy) is 1. The van der Waals surface area contributed by atoms with Gasteiger partial charge in [-0.2, -0.15) is 0 Å². The Balaban J connectivity index is 2.40. The van der Waals surface area contributed by atoms with Gasteiger partial charge in [-0.25, -0.2) is 0 Å². The van der Waals surface area contributed by atoms with E-state index in [0.29, 0.717) is 12.5 Å². The lowest BCUT2D eigenvalue weighted by Gasteiger charge is -2.11. The summed E-state index contributed by atoms with van der Waals surface area (Å²) in [5.41, 5.74) is 3.13. The maximum atomic E-state index is 11.0. The molecule has 0 unspecified atom stereocenters. The smallest absolute Gasteiger partial charge is 0.150 e. The van der Waals surface area contributed by atoms with E-state index < -0.39 is 0 Å². The van der Waals surface area contributed by atoms with Gasteiger partial charge >= 0.3 is 0 Å². The zero-order valence-corrected chi connectivity index (χ0v) is 9.25. The molecule has 0 aromatic heterocycles. The van der Waals surface area contributed by atoms with Gasteiger partial charge in [0.05, 0.1) is 6.61 Å². The number of hydrogen-bond donors (Lipinski definition) is 0. The highest BCUT2D eigenvalue weighted by Crippen LogP contribution is 2.42. The van der Waals surface area contributed by atoms with Gasteiger partial charge in [0.1, 0.15) is 12.0 Å². The summed E-state index contributed by atoms with van der Waals surface area (Å²) >= 11 is 0. The minimum atomic E-state index is 0.611. The van der Waals surface area contributed by atoms with Crippen molar-refractivity contribution in [3.63, 3.8) is 0 Å². The Morgan fingerprint density at radius 3 is 2.73 bits per heavy atom. The number of aldehydes is 1. The first kappa shape index (κ1) is 10.2. The van der Waals surface area contributed by atoms with E-state index in [1.54, 1.807) is 0 Å². The van der Waals surface area contributed by atoms with Crippen LogP contribution in [0.1, 0.15) is 47.2 Å². The molecule has 2 nitrogen and oxygen atoms in total. The van der Waals surface area contributed by atoms with Crippen molar-refractivity contribution in [2.75, 3.05) is 6.61 Å². The van der Waals surface area contributed by atoms with Crippen molar-refractivity contribution in [1.29, 1.82) is 0 Å². The van der Waals surface area contributed by atoms with E-state index in [2.05, 4.69) is 6.07 Å². The number of rotatable bonds is 4. The second kappa shape index (κ2) is 4.05. The van der Waals surface area contributed by atoms with E-state index in [-0.39, 0.29) is 0 Å². The zero-order valence-electron chi connectivity index (χ0n) is 9.25. The Bertz CT molecular complexity index is 378. The molecular formula is C13H16O2. The summed E-state index contributed by atoms with van der Waals surface area (Å²) in [7, 11) is 0. The average molecular weight is 204 g/mol. The van der Waals surface area contributed by atoms with Crippen molar-refractivity contribution in [3.8, 4) is 5.75 Å². The molecule has 1 aliphatic rings. The van der Waals surface area contributed by atoms with E-state index in [9.17, 15) is 4.79 Å². The van der Waals surface area contributed by atoms with Crippen LogP contribution in [0.15, 0.2) is 12.1 Å². The van der Waals surface area contributed by atoms with Gasteiger partial charge in [0.15, 0.2) is 0 Å². The quantitative estimate of drug-likeness (QED) is 0.704. The van der Waals surface area contributed by atoms with Crippen LogP contribution in [0, 0.1) is 6.92 Å². The summed E-state index contributed by atoms with van der Waals surface area (Å²) in [6.45, 7) is 4.63. The van der Waals surface area contributed by atoms with Gasteiger partial charge in [-0.05, 0) is 49.8 Å². The van der Waals surface area contributed by atoms with Gasteiger partial charge in [0.2, 0.25) is 0 Å². The van der Waals surface area contributed by atoms with Crippen LogP contribution < -0.4 is 4.74 Å². The molecule has 0 radical (unpaired) electrons. The summed E-state index contributed by atoms with van der Waals surface area (Å²) < 4.78 is 5.48. The lowest BCUT2D eigenvalue weighted by molar-refractivity contribution is 0.112. The van der Waals surface area contributed by atoms with Gasteiger partial charge < -0.3 is 4.74 Å². The molecule has 0 bridgehead atoms. The third kappa shape index (κ3) is 2.04. The molecule has 2 rings (SSSR count). The molecule has 1 aromatic carbocycles. The zero-order chi connectivity index (χ0) is 10.8. The molecule has 2 heteroatoms. The molecule has 1 aromatic rings. The highest BCUT2D eigenvalue weighted by atomic mass is 16.5. The summed E-state index contributed by atoms with van der Waals surface area (Å²) in [5, 5.41) is 0. The highest BCUT2D eigenvalue weighted by molar-refractivity contribution is 5.79. The SMILES string of the molecule is CCOc1cc(C=O)c(C2CC2)cc1C. The van der Waals surface area contributed by atoms with Crippen LogP contribution in [0.3, 0.4) is 0 Å². The van der Waals surface area contributed by atoms with E-state index in [0.717, 1.165) is 23.2 Å². The first-order valence-corrected chi connectivity index (χ1v) is 5.48. The number of aryl methyl sites for hydroxylation is 1. The van der Waals surface area contributed by atoms with E-state index in [1.165, 1.54) is 18.4 Å². The molecule has 0 atom stereocenters. The Morgan fingerprint density at radius 2 is 2.20 bits per heavy atom. The lowest BCUT2D eigenvalue weighted by Crippen LogP contribution is -1.98. The Labute approximate surface area is 90.3 Å². The first-order valence-electron chi connectivity index (χ1n) is 5.48.